The molecule has 3 N–H and O–H groups in total. The number of carbonyl (C=O) groups is 1. The van der Waals surface area contributed by atoms with Crippen molar-refractivity contribution in [1.29, 1.82) is 0 Å². The van der Waals surface area contributed by atoms with E-state index in [1.54, 1.807) is 11.0 Å². The highest BCUT2D eigenvalue weighted by Gasteiger charge is 2.36. The molecule has 6 nitrogen and oxygen atoms in total. The maximum atomic E-state index is 12.3. The lowest BCUT2D eigenvalue weighted by molar-refractivity contribution is -0.126. The molecule has 1 aliphatic rings. The van der Waals surface area contributed by atoms with Gasteiger partial charge in [0.15, 0.2) is 0 Å². The molecule has 2 aromatic rings. The van der Waals surface area contributed by atoms with E-state index in [1.165, 1.54) is 6.33 Å². The Labute approximate surface area is 154 Å². The quantitative estimate of drug-likeness (QED) is 0.841. The van der Waals surface area contributed by atoms with Gasteiger partial charge in [-0.1, -0.05) is 37.1 Å². The number of benzene rings is 1. The summed E-state index contributed by atoms with van der Waals surface area (Å²) in [6.07, 6.45) is 6.82. The second-order valence-corrected chi connectivity index (χ2v) is 5.91. The monoisotopic (exact) mass is 371 g/mol. The van der Waals surface area contributed by atoms with Gasteiger partial charge in [0.25, 0.3) is 0 Å². The standard InChI is InChI=1S/C16H21N5O.2ClH/c17-16(7-3-4-8-16)15(22)19-9-13-5-1-2-6-14(13)10-21-12-18-11-20-21;;/h1-2,5-6,11-12H,3-4,7-10,17H2,(H,19,22);2*1H. The largest absolute Gasteiger partial charge is 0.350 e. The van der Waals surface area contributed by atoms with Crippen molar-refractivity contribution in [3.05, 3.63) is 48.0 Å². The van der Waals surface area contributed by atoms with Crippen LogP contribution in [0.4, 0.5) is 0 Å². The van der Waals surface area contributed by atoms with Crippen LogP contribution >= 0.6 is 24.8 Å². The summed E-state index contributed by atoms with van der Waals surface area (Å²) in [4.78, 5) is 16.3. The normalized spacial score (nSPS) is 15.2. The van der Waals surface area contributed by atoms with E-state index in [-0.39, 0.29) is 30.7 Å². The summed E-state index contributed by atoms with van der Waals surface area (Å²) < 4.78 is 1.77. The van der Waals surface area contributed by atoms with Crippen LogP contribution in [0.2, 0.25) is 0 Å². The van der Waals surface area contributed by atoms with Crippen molar-refractivity contribution >= 4 is 30.7 Å². The molecule has 1 saturated carbocycles. The van der Waals surface area contributed by atoms with Gasteiger partial charge in [-0.25, -0.2) is 9.67 Å². The zero-order valence-electron chi connectivity index (χ0n) is 13.4. The zero-order valence-corrected chi connectivity index (χ0v) is 15.0. The Morgan fingerprint density at radius 1 is 1.21 bits per heavy atom. The van der Waals surface area contributed by atoms with Crippen LogP contribution in [0.1, 0.15) is 36.8 Å². The third kappa shape index (κ3) is 4.69. The number of amides is 1. The summed E-state index contributed by atoms with van der Waals surface area (Å²) in [7, 11) is 0. The Balaban J connectivity index is 0.00000144. The van der Waals surface area contributed by atoms with Gasteiger partial charge < -0.3 is 11.1 Å². The summed E-state index contributed by atoms with van der Waals surface area (Å²) in [5, 5.41) is 7.11. The number of nitrogens with zero attached hydrogens (tertiary/aromatic N) is 3. The van der Waals surface area contributed by atoms with Crippen molar-refractivity contribution in [3.63, 3.8) is 0 Å². The van der Waals surface area contributed by atoms with Gasteiger partial charge in [0.2, 0.25) is 5.91 Å². The molecule has 1 fully saturated rings. The third-order valence-electron chi connectivity index (χ3n) is 4.30. The van der Waals surface area contributed by atoms with Crippen molar-refractivity contribution in [1.82, 2.24) is 20.1 Å². The van der Waals surface area contributed by atoms with Crippen molar-refractivity contribution in [2.24, 2.45) is 5.73 Å². The Kier molecular flexibility index (Phi) is 7.66. The molecule has 0 atom stereocenters. The Hall–Kier alpha value is -1.63. The van der Waals surface area contributed by atoms with Crippen molar-refractivity contribution in [3.8, 4) is 0 Å². The average Bonchev–Trinajstić information content (AvgIpc) is 3.18. The molecule has 0 radical (unpaired) electrons. The predicted octanol–water partition coefficient (Wildman–Crippen LogP) is 2.06. The lowest BCUT2D eigenvalue weighted by Crippen LogP contribution is -2.51. The van der Waals surface area contributed by atoms with Crippen LogP contribution in [-0.2, 0) is 17.9 Å². The minimum absolute atomic E-state index is 0. The Bertz CT molecular complexity index is 642. The smallest absolute Gasteiger partial charge is 0.240 e. The molecule has 132 valence electrons. The van der Waals surface area contributed by atoms with E-state index in [0.717, 1.165) is 36.8 Å². The fourth-order valence-corrected chi connectivity index (χ4v) is 2.96. The van der Waals surface area contributed by atoms with Gasteiger partial charge in [-0.2, -0.15) is 5.10 Å². The third-order valence-corrected chi connectivity index (χ3v) is 4.30. The van der Waals surface area contributed by atoms with Gasteiger partial charge in [0.05, 0.1) is 12.1 Å². The molecule has 1 heterocycles. The van der Waals surface area contributed by atoms with E-state index in [1.807, 2.05) is 24.3 Å². The minimum Gasteiger partial charge on any atom is -0.350 e. The first-order valence-electron chi connectivity index (χ1n) is 7.64. The highest BCUT2D eigenvalue weighted by Crippen LogP contribution is 2.27. The van der Waals surface area contributed by atoms with Crippen LogP contribution in [-0.4, -0.2) is 26.2 Å². The molecule has 0 aliphatic heterocycles. The van der Waals surface area contributed by atoms with E-state index >= 15 is 0 Å². The van der Waals surface area contributed by atoms with Crippen molar-refractivity contribution in [2.75, 3.05) is 0 Å². The SMILES string of the molecule is Cl.Cl.NC1(C(=O)NCc2ccccc2Cn2cncn2)CCCC1. The van der Waals surface area contributed by atoms with Gasteiger partial charge in [0.1, 0.15) is 12.7 Å². The van der Waals surface area contributed by atoms with Crippen molar-refractivity contribution in [2.45, 2.75) is 44.3 Å². The molecular weight excluding hydrogens is 349 g/mol. The van der Waals surface area contributed by atoms with Gasteiger partial charge in [-0.15, -0.1) is 24.8 Å². The van der Waals surface area contributed by atoms with Crippen LogP contribution in [0, 0.1) is 0 Å². The first-order valence-corrected chi connectivity index (χ1v) is 7.64. The highest BCUT2D eigenvalue weighted by atomic mass is 35.5. The summed E-state index contributed by atoms with van der Waals surface area (Å²) in [5.41, 5.74) is 7.69. The number of carbonyl (C=O) groups excluding carboxylic acids is 1. The molecule has 3 rings (SSSR count). The number of halogens is 2. The number of hydrogen-bond acceptors (Lipinski definition) is 4. The number of aromatic nitrogens is 3. The van der Waals surface area contributed by atoms with Gasteiger partial charge in [-0.3, -0.25) is 4.79 Å². The van der Waals surface area contributed by atoms with Crippen LogP contribution in [0.5, 0.6) is 0 Å². The van der Waals surface area contributed by atoms with Gasteiger partial charge in [-0.05, 0) is 24.0 Å². The number of hydrogen-bond donors (Lipinski definition) is 2. The first-order chi connectivity index (χ1) is 10.7. The fourth-order valence-electron chi connectivity index (χ4n) is 2.96. The van der Waals surface area contributed by atoms with Crippen molar-refractivity contribution < 1.29 is 4.79 Å². The van der Waals surface area contributed by atoms with Crippen LogP contribution < -0.4 is 11.1 Å². The van der Waals surface area contributed by atoms with E-state index in [2.05, 4.69) is 15.4 Å². The maximum absolute atomic E-state index is 12.3. The summed E-state index contributed by atoms with van der Waals surface area (Å²) in [6, 6.07) is 8.01. The van der Waals surface area contributed by atoms with Crippen LogP contribution in [0.25, 0.3) is 0 Å². The molecule has 24 heavy (non-hydrogen) atoms. The lowest BCUT2D eigenvalue weighted by atomic mass is 9.98. The second-order valence-electron chi connectivity index (χ2n) is 5.91. The number of rotatable bonds is 5. The molecule has 8 heteroatoms. The van der Waals surface area contributed by atoms with E-state index in [4.69, 9.17) is 5.73 Å². The molecular formula is C16H23Cl2N5O. The molecule has 1 aliphatic carbocycles. The first kappa shape index (κ1) is 20.4. The van der Waals surface area contributed by atoms with E-state index in [0.29, 0.717) is 13.1 Å². The van der Waals surface area contributed by atoms with Crippen LogP contribution in [0.3, 0.4) is 0 Å². The molecule has 0 spiro atoms. The van der Waals surface area contributed by atoms with Crippen LogP contribution in [0.15, 0.2) is 36.9 Å². The van der Waals surface area contributed by atoms with Gasteiger partial charge >= 0.3 is 0 Å². The Morgan fingerprint density at radius 3 is 2.50 bits per heavy atom. The summed E-state index contributed by atoms with van der Waals surface area (Å²) >= 11 is 0. The second kappa shape index (κ2) is 9.01. The lowest BCUT2D eigenvalue weighted by Gasteiger charge is -2.22. The Morgan fingerprint density at radius 2 is 1.88 bits per heavy atom. The average molecular weight is 372 g/mol. The summed E-state index contributed by atoms with van der Waals surface area (Å²) in [5.74, 6) is -0.0411. The molecule has 1 aromatic heterocycles. The van der Waals surface area contributed by atoms with E-state index < -0.39 is 5.54 Å². The molecule has 1 amide bonds. The molecule has 0 saturated heterocycles. The number of nitrogens with one attached hydrogen (secondary N) is 1. The topological polar surface area (TPSA) is 85.8 Å². The molecule has 0 unspecified atom stereocenters. The van der Waals surface area contributed by atoms with Gasteiger partial charge in [0, 0.05) is 6.54 Å². The minimum atomic E-state index is -0.680. The highest BCUT2D eigenvalue weighted by molar-refractivity contribution is 5.86. The summed E-state index contributed by atoms with van der Waals surface area (Å²) in [6.45, 7) is 1.13. The number of nitrogens with two attached hydrogens (primary N) is 1. The maximum Gasteiger partial charge on any atom is 0.240 e. The fraction of sp³-hybridized carbons (Fsp3) is 0.438. The zero-order chi connectivity index (χ0) is 15.4. The van der Waals surface area contributed by atoms with E-state index in [9.17, 15) is 4.79 Å². The molecule has 0 bridgehead atoms. The molecule has 1 aromatic carbocycles. The predicted molar refractivity (Wildman–Crippen MR) is 97.3 cm³/mol.